The first-order chi connectivity index (χ1) is 9.89. The third kappa shape index (κ3) is 5.13. The minimum Gasteiger partial charge on any atom is -0.359 e. The average molecular weight is 324 g/mol. The van der Waals surface area contributed by atoms with Gasteiger partial charge in [0.05, 0.1) is 6.54 Å². The van der Waals surface area contributed by atoms with Gasteiger partial charge in [0, 0.05) is 18.2 Å². The maximum absolute atomic E-state index is 5.78. The Kier molecular flexibility index (Phi) is 6.60. The lowest BCUT2D eigenvalue weighted by atomic mass is 9.93. The number of hydrogen-bond donors (Lipinski definition) is 1. The summed E-state index contributed by atoms with van der Waals surface area (Å²) in [6, 6.07) is 10.3. The van der Waals surface area contributed by atoms with E-state index in [1.807, 2.05) is 6.07 Å². The first kappa shape index (κ1) is 18.7. The molecule has 0 bridgehead atoms. The van der Waals surface area contributed by atoms with Gasteiger partial charge in [-0.1, -0.05) is 48.8 Å². The molecule has 1 aromatic heterocycles. The minimum atomic E-state index is 0. The molecule has 0 aliphatic carbocycles. The molecule has 4 nitrogen and oxygen atoms in total. The van der Waals surface area contributed by atoms with Crippen LogP contribution in [0.2, 0.25) is 0 Å². The molecule has 0 saturated carbocycles. The molecule has 0 saturated heterocycles. The summed E-state index contributed by atoms with van der Waals surface area (Å²) < 4.78 is 5.45. The summed E-state index contributed by atoms with van der Waals surface area (Å²) in [5.74, 6) is 0.876. The molecular formula is C17H26ClN3O. The van der Waals surface area contributed by atoms with Gasteiger partial charge in [-0.05, 0) is 25.9 Å². The van der Waals surface area contributed by atoms with E-state index >= 15 is 0 Å². The first-order valence-corrected chi connectivity index (χ1v) is 7.31. The van der Waals surface area contributed by atoms with Crippen molar-refractivity contribution in [3.8, 4) is 11.3 Å². The highest BCUT2D eigenvalue weighted by molar-refractivity contribution is 5.85. The number of nitrogens with zero attached hydrogens (tertiary/aromatic N) is 2. The fraction of sp³-hybridized carbons (Fsp3) is 0.471. The van der Waals surface area contributed by atoms with Gasteiger partial charge in [0.25, 0.3) is 0 Å². The highest BCUT2D eigenvalue weighted by atomic mass is 35.5. The molecule has 0 unspecified atom stereocenters. The van der Waals surface area contributed by atoms with Crippen molar-refractivity contribution in [3.63, 3.8) is 0 Å². The zero-order valence-corrected chi connectivity index (χ0v) is 14.6. The molecule has 0 radical (unpaired) electrons. The number of aromatic nitrogens is 1. The van der Waals surface area contributed by atoms with Gasteiger partial charge >= 0.3 is 0 Å². The molecule has 2 rings (SSSR count). The Morgan fingerprint density at radius 1 is 1.23 bits per heavy atom. The molecule has 5 heteroatoms. The van der Waals surface area contributed by atoms with Crippen molar-refractivity contribution in [1.82, 2.24) is 10.1 Å². The molecule has 0 atom stereocenters. The van der Waals surface area contributed by atoms with Gasteiger partial charge in [-0.2, -0.15) is 0 Å². The molecule has 0 aliphatic heterocycles. The van der Waals surface area contributed by atoms with Gasteiger partial charge in [0.2, 0.25) is 0 Å². The number of benzene rings is 1. The van der Waals surface area contributed by atoms with Crippen LogP contribution in [0.1, 0.15) is 25.2 Å². The summed E-state index contributed by atoms with van der Waals surface area (Å²) in [4.78, 5) is 2.21. The van der Waals surface area contributed by atoms with E-state index in [1.165, 1.54) is 5.56 Å². The number of hydrogen-bond acceptors (Lipinski definition) is 4. The van der Waals surface area contributed by atoms with E-state index in [0.717, 1.165) is 30.1 Å². The van der Waals surface area contributed by atoms with E-state index in [4.69, 9.17) is 10.3 Å². The van der Waals surface area contributed by atoms with E-state index in [9.17, 15) is 0 Å². The van der Waals surface area contributed by atoms with Crippen molar-refractivity contribution in [3.05, 3.63) is 41.7 Å². The van der Waals surface area contributed by atoms with Gasteiger partial charge in [-0.25, -0.2) is 0 Å². The lowest BCUT2D eigenvalue weighted by Gasteiger charge is -2.28. The smallest absolute Gasteiger partial charge is 0.151 e. The summed E-state index contributed by atoms with van der Waals surface area (Å²) in [6.45, 7) is 8.74. The van der Waals surface area contributed by atoms with Crippen LogP contribution in [0.25, 0.3) is 11.3 Å². The Morgan fingerprint density at radius 2 is 1.86 bits per heavy atom. The van der Waals surface area contributed by atoms with Crippen LogP contribution in [0.3, 0.4) is 0 Å². The van der Waals surface area contributed by atoms with Gasteiger partial charge in [0.15, 0.2) is 5.76 Å². The van der Waals surface area contributed by atoms with Crippen molar-refractivity contribution in [2.24, 2.45) is 11.1 Å². The highest BCUT2D eigenvalue weighted by Crippen LogP contribution is 2.21. The third-order valence-corrected chi connectivity index (χ3v) is 3.58. The maximum Gasteiger partial charge on any atom is 0.151 e. The Hall–Kier alpha value is -1.36. The van der Waals surface area contributed by atoms with Crippen molar-refractivity contribution in [2.45, 2.75) is 27.3 Å². The standard InChI is InChI=1S/C17H25N3O.ClH/c1-13-5-7-14(8-6-13)16-9-15(21-19-16)10-20(4)12-17(2,3)11-18;/h5-9H,10-12,18H2,1-4H3;1H. The zero-order chi connectivity index (χ0) is 15.5. The topological polar surface area (TPSA) is 55.3 Å². The molecule has 122 valence electrons. The molecule has 1 heterocycles. The van der Waals surface area contributed by atoms with Crippen LogP contribution in [0.15, 0.2) is 34.9 Å². The molecule has 2 N–H and O–H groups in total. The second kappa shape index (κ2) is 7.77. The summed E-state index contributed by atoms with van der Waals surface area (Å²) in [5, 5.41) is 4.16. The molecule has 0 amide bonds. The number of nitrogens with two attached hydrogens (primary N) is 1. The van der Waals surface area contributed by atoms with Crippen molar-refractivity contribution < 1.29 is 4.52 Å². The van der Waals surface area contributed by atoms with E-state index in [1.54, 1.807) is 0 Å². The summed E-state index contributed by atoms with van der Waals surface area (Å²) >= 11 is 0. The Morgan fingerprint density at radius 3 is 2.45 bits per heavy atom. The zero-order valence-electron chi connectivity index (χ0n) is 13.8. The van der Waals surface area contributed by atoms with Crippen LogP contribution in [-0.2, 0) is 6.54 Å². The normalized spacial score (nSPS) is 11.5. The fourth-order valence-electron chi connectivity index (χ4n) is 2.37. The predicted molar refractivity (Wildman–Crippen MR) is 93.1 cm³/mol. The summed E-state index contributed by atoms with van der Waals surface area (Å²) in [5.41, 5.74) is 9.09. The minimum absolute atomic E-state index is 0. The quantitative estimate of drug-likeness (QED) is 0.884. The second-order valence-corrected chi connectivity index (χ2v) is 6.59. The van der Waals surface area contributed by atoms with Crippen LogP contribution in [0, 0.1) is 12.3 Å². The van der Waals surface area contributed by atoms with E-state index in [0.29, 0.717) is 6.54 Å². The molecular weight excluding hydrogens is 298 g/mol. The predicted octanol–water partition coefficient (Wildman–Crippen LogP) is 3.49. The number of aryl methyl sites for hydroxylation is 1. The van der Waals surface area contributed by atoms with E-state index < -0.39 is 0 Å². The SMILES string of the molecule is Cc1ccc(-c2cc(CN(C)CC(C)(C)CN)on2)cc1.Cl. The van der Waals surface area contributed by atoms with Crippen LogP contribution >= 0.6 is 12.4 Å². The second-order valence-electron chi connectivity index (χ2n) is 6.59. The van der Waals surface area contributed by atoms with Crippen LogP contribution in [0.5, 0.6) is 0 Å². The Labute approximate surface area is 139 Å². The van der Waals surface area contributed by atoms with E-state index in [2.05, 4.69) is 62.1 Å². The fourth-order valence-corrected chi connectivity index (χ4v) is 2.37. The molecule has 22 heavy (non-hydrogen) atoms. The average Bonchev–Trinajstić information content (AvgIpc) is 2.87. The van der Waals surface area contributed by atoms with Crippen molar-refractivity contribution in [1.29, 1.82) is 0 Å². The lowest BCUT2D eigenvalue weighted by Crippen LogP contribution is -2.36. The van der Waals surface area contributed by atoms with Gasteiger partial charge in [0.1, 0.15) is 5.69 Å². The summed E-state index contributed by atoms with van der Waals surface area (Å²) in [6.07, 6.45) is 0. The maximum atomic E-state index is 5.78. The van der Waals surface area contributed by atoms with Crippen molar-refractivity contribution in [2.75, 3.05) is 20.1 Å². The molecule has 1 aromatic carbocycles. The van der Waals surface area contributed by atoms with Gasteiger partial charge < -0.3 is 10.3 Å². The van der Waals surface area contributed by atoms with Crippen LogP contribution in [0.4, 0.5) is 0 Å². The highest BCUT2D eigenvalue weighted by Gasteiger charge is 2.19. The first-order valence-electron chi connectivity index (χ1n) is 7.31. The van der Waals surface area contributed by atoms with Crippen molar-refractivity contribution >= 4 is 12.4 Å². The van der Waals surface area contributed by atoms with Crippen LogP contribution in [-0.4, -0.2) is 30.2 Å². The summed E-state index contributed by atoms with van der Waals surface area (Å²) in [7, 11) is 2.07. The number of rotatable bonds is 6. The Balaban J connectivity index is 0.00000242. The molecule has 2 aromatic rings. The largest absolute Gasteiger partial charge is 0.359 e. The van der Waals surface area contributed by atoms with E-state index in [-0.39, 0.29) is 17.8 Å². The lowest BCUT2D eigenvalue weighted by molar-refractivity contribution is 0.192. The van der Waals surface area contributed by atoms with Crippen LogP contribution < -0.4 is 5.73 Å². The number of halogens is 1. The monoisotopic (exact) mass is 323 g/mol. The van der Waals surface area contributed by atoms with Gasteiger partial charge in [-0.3, -0.25) is 4.90 Å². The van der Waals surface area contributed by atoms with Gasteiger partial charge in [-0.15, -0.1) is 12.4 Å². The Bertz CT molecular complexity index is 578. The molecule has 0 aliphatic rings. The molecule has 0 spiro atoms. The third-order valence-electron chi connectivity index (χ3n) is 3.58. The molecule has 0 fully saturated rings.